The van der Waals surface area contributed by atoms with Gasteiger partial charge in [0, 0.05) is 31.8 Å². The fourth-order valence-electron chi connectivity index (χ4n) is 3.77. The molecule has 0 saturated carbocycles. The van der Waals surface area contributed by atoms with Crippen molar-refractivity contribution in [1.82, 2.24) is 10.2 Å². The van der Waals surface area contributed by atoms with Gasteiger partial charge in [0.15, 0.2) is 0 Å². The Morgan fingerprint density at radius 2 is 1.92 bits per heavy atom. The van der Waals surface area contributed by atoms with E-state index in [0.717, 1.165) is 45.1 Å². The molecule has 0 radical (unpaired) electrons. The van der Waals surface area contributed by atoms with Gasteiger partial charge >= 0.3 is 0 Å². The van der Waals surface area contributed by atoms with Gasteiger partial charge in [0.2, 0.25) is 5.91 Å². The molecule has 0 aromatic carbocycles. The van der Waals surface area contributed by atoms with Crippen LogP contribution >= 0.6 is 24.8 Å². The van der Waals surface area contributed by atoms with Crippen LogP contribution in [0.4, 0.5) is 0 Å². The van der Waals surface area contributed by atoms with Crippen LogP contribution in [0.1, 0.15) is 52.9 Å². The zero-order valence-corrected chi connectivity index (χ0v) is 17.6. The molecule has 150 valence electrons. The van der Waals surface area contributed by atoms with E-state index in [1.54, 1.807) is 0 Å². The summed E-state index contributed by atoms with van der Waals surface area (Å²) in [5.41, 5.74) is 6.15. The molecular formula is C18H37Cl2N3O2. The molecule has 2 fully saturated rings. The van der Waals surface area contributed by atoms with Crippen molar-refractivity contribution in [3.8, 4) is 0 Å². The molecule has 0 spiro atoms. The minimum absolute atomic E-state index is 0. The molecule has 3 N–H and O–H groups in total. The van der Waals surface area contributed by atoms with E-state index in [9.17, 15) is 4.79 Å². The van der Waals surface area contributed by atoms with Crippen molar-refractivity contribution in [2.24, 2.45) is 17.6 Å². The van der Waals surface area contributed by atoms with E-state index >= 15 is 0 Å². The van der Waals surface area contributed by atoms with Crippen molar-refractivity contribution >= 4 is 30.7 Å². The topological polar surface area (TPSA) is 67.6 Å². The molecule has 5 nitrogen and oxygen atoms in total. The first-order chi connectivity index (χ1) is 10.9. The lowest BCUT2D eigenvalue weighted by atomic mass is 9.90. The first-order valence-electron chi connectivity index (χ1n) is 9.30. The van der Waals surface area contributed by atoms with Gasteiger partial charge in [0.1, 0.15) is 0 Å². The number of amides is 1. The van der Waals surface area contributed by atoms with Crippen LogP contribution in [0.5, 0.6) is 0 Å². The van der Waals surface area contributed by atoms with Gasteiger partial charge in [-0.1, -0.05) is 13.3 Å². The Bertz CT molecular complexity index is 391. The first-order valence-corrected chi connectivity index (χ1v) is 9.30. The molecule has 0 bridgehead atoms. The summed E-state index contributed by atoms with van der Waals surface area (Å²) in [6.07, 6.45) is 5.62. The van der Waals surface area contributed by atoms with E-state index < -0.39 is 6.04 Å². The molecule has 7 heteroatoms. The van der Waals surface area contributed by atoms with Gasteiger partial charge in [-0.2, -0.15) is 0 Å². The Balaban J connectivity index is 0.00000288. The van der Waals surface area contributed by atoms with Crippen LogP contribution in [0.2, 0.25) is 0 Å². The average Bonchev–Trinajstić information content (AvgIpc) is 2.60. The highest BCUT2D eigenvalue weighted by atomic mass is 35.5. The van der Waals surface area contributed by atoms with Gasteiger partial charge in [0.05, 0.1) is 6.04 Å². The summed E-state index contributed by atoms with van der Waals surface area (Å²) in [6, 6.07) is -0.403. The third-order valence-corrected chi connectivity index (χ3v) is 5.72. The molecule has 2 atom stereocenters. The molecular weight excluding hydrogens is 361 g/mol. The summed E-state index contributed by atoms with van der Waals surface area (Å²) in [5.74, 6) is 1.04. The summed E-state index contributed by atoms with van der Waals surface area (Å²) < 4.78 is 5.35. The number of halogens is 2. The quantitative estimate of drug-likeness (QED) is 0.722. The number of ether oxygens (including phenoxy) is 1. The lowest BCUT2D eigenvalue weighted by Crippen LogP contribution is -2.57. The van der Waals surface area contributed by atoms with Crippen LogP contribution in [-0.2, 0) is 9.53 Å². The Hall–Kier alpha value is -0.0700. The van der Waals surface area contributed by atoms with Crippen LogP contribution in [0, 0.1) is 11.8 Å². The lowest BCUT2D eigenvalue weighted by molar-refractivity contribution is -0.125. The van der Waals surface area contributed by atoms with E-state index in [0.29, 0.717) is 6.54 Å². The number of carbonyl (C=O) groups is 1. The minimum Gasteiger partial charge on any atom is -0.381 e. The highest BCUT2D eigenvalue weighted by Gasteiger charge is 2.32. The largest absolute Gasteiger partial charge is 0.381 e. The first kappa shape index (κ1) is 24.9. The molecule has 0 aliphatic carbocycles. The predicted molar refractivity (Wildman–Crippen MR) is 108 cm³/mol. The highest BCUT2D eigenvalue weighted by molar-refractivity contribution is 5.85. The van der Waals surface area contributed by atoms with Crippen molar-refractivity contribution in [1.29, 1.82) is 0 Å². The van der Waals surface area contributed by atoms with Gasteiger partial charge in [-0.3, -0.25) is 9.69 Å². The number of carbonyl (C=O) groups excluding carboxylic acids is 1. The summed E-state index contributed by atoms with van der Waals surface area (Å²) in [6.45, 7) is 11.1. The highest BCUT2D eigenvalue weighted by Crippen LogP contribution is 2.25. The zero-order valence-electron chi connectivity index (χ0n) is 16.0. The number of nitrogens with two attached hydrogens (primary N) is 1. The van der Waals surface area contributed by atoms with Gasteiger partial charge in [-0.05, 0) is 57.9 Å². The maximum absolute atomic E-state index is 12.4. The summed E-state index contributed by atoms with van der Waals surface area (Å²) in [4.78, 5) is 14.9. The summed E-state index contributed by atoms with van der Waals surface area (Å²) >= 11 is 0. The van der Waals surface area contributed by atoms with Crippen molar-refractivity contribution in [3.05, 3.63) is 0 Å². The van der Waals surface area contributed by atoms with Crippen molar-refractivity contribution in [3.63, 3.8) is 0 Å². The number of hydrogen-bond donors (Lipinski definition) is 2. The second-order valence-corrected chi connectivity index (χ2v) is 7.87. The zero-order chi connectivity index (χ0) is 16.9. The van der Waals surface area contributed by atoms with Gasteiger partial charge in [-0.25, -0.2) is 0 Å². The van der Waals surface area contributed by atoms with Crippen LogP contribution in [0.25, 0.3) is 0 Å². The number of piperidine rings is 1. The Morgan fingerprint density at radius 1 is 1.28 bits per heavy atom. The maximum atomic E-state index is 12.4. The molecule has 1 amide bonds. The predicted octanol–water partition coefficient (Wildman–Crippen LogP) is 2.60. The van der Waals surface area contributed by atoms with E-state index in [4.69, 9.17) is 10.5 Å². The van der Waals surface area contributed by atoms with E-state index in [2.05, 4.69) is 31.0 Å². The Kier molecular flexibility index (Phi) is 11.6. The van der Waals surface area contributed by atoms with Crippen LogP contribution < -0.4 is 11.1 Å². The molecule has 2 heterocycles. The molecule has 2 aliphatic rings. The van der Waals surface area contributed by atoms with Crippen LogP contribution in [-0.4, -0.2) is 55.2 Å². The van der Waals surface area contributed by atoms with E-state index in [1.807, 2.05) is 0 Å². The fraction of sp³-hybridized carbons (Fsp3) is 0.944. The van der Waals surface area contributed by atoms with E-state index in [1.165, 1.54) is 19.3 Å². The molecule has 0 aromatic rings. The number of rotatable bonds is 6. The fourth-order valence-corrected chi connectivity index (χ4v) is 3.77. The van der Waals surface area contributed by atoms with E-state index in [-0.39, 0.29) is 42.2 Å². The second kappa shape index (κ2) is 11.6. The molecule has 2 saturated heterocycles. The molecule has 2 unspecified atom stereocenters. The van der Waals surface area contributed by atoms with Crippen LogP contribution in [0.15, 0.2) is 0 Å². The molecule has 0 aromatic heterocycles. The van der Waals surface area contributed by atoms with Crippen molar-refractivity contribution < 1.29 is 9.53 Å². The standard InChI is InChI=1S/C18H35N3O2.2ClH/c1-4-14-6-5-9-21(12-14)18(2,3)13-20-17(22)16(19)15-7-10-23-11-8-15;;/h14-16H,4-13,19H2,1-3H3,(H,20,22);2*1H. The minimum atomic E-state index is -0.403. The van der Waals surface area contributed by atoms with Gasteiger partial charge in [0.25, 0.3) is 0 Å². The average molecular weight is 398 g/mol. The van der Waals surface area contributed by atoms with Gasteiger partial charge in [-0.15, -0.1) is 24.8 Å². The Morgan fingerprint density at radius 3 is 2.52 bits per heavy atom. The summed E-state index contributed by atoms with van der Waals surface area (Å²) in [7, 11) is 0. The van der Waals surface area contributed by atoms with Crippen LogP contribution in [0.3, 0.4) is 0 Å². The van der Waals surface area contributed by atoms with Crippen molar-refractivity contribution in [2.75, 3.05) is 32.8 Å². The number of nitrogens with zero attached hydrogens (tertiary/aromatic N) is 1. The molecule has 2 aliphatic heterocycles. The molecule has 25 heavy (non-hydrogen) atoms. The number of nitrogens with one attached hydrogen (secondary N) is 1. The normalized spacial score (nSPS) is 23.9. The third-order valence-electron chi connectivity index (χ3n) is 5.72. The smallest absolute Gasteiger partial charge is 0.237 e. The summed E-state index contributed by atoms with van der Waals surface area (Å²) in [5, 5.41) is 3.10. The SMILES string of the molecule is CCC1CCCN(C(C)(C)CNC(=O)C(N)C2CCOCC2)C1.Cl.Cl. The third kappa shape index (κ3) is 7.22. The number of likely N-dealkylation sites (tertiary alicyclic amines) is 1. The number of hydrogen-bond acceptors (Lipinski definition) is 4. The molecule has 2 rings (SSSR count). The van der Waals surface area contributed by atoms with Crippen molar-refractivity contribution in [2.45, 2.75) is 64.5 Å². The maximum Gasteiger partial charge on any atom is 0.237 e. The second-order valence-electron chi connectivity index (χ2n) is 7.87. The monoisotopic (exact) mass is 397 g/mol. The Labute approximate surface area is 165 Å². The lowest BCUT2D eigenvalue weighted by Gasteiger charge is -2.44. The van der Waals surface area contributed by atoms with Gasteiger partial charge < -0.3 is 15.8 Å².